The maximum Gasteiger partial charge on any atom is 0.274 e. The molecule has 1 aromatic heterocycles. The first-order valence-electron chi connectivity index (χ1n) is 9.99. The van der Waals surface area contributed by atoms with Crippen LogP contribution in [-0.4, -0.2) is 52.2 Å². The van der Waals surface area contributed by atoms with E-state index in [1.165, 1.54) is 0 Å². The first-order valence-corrected chi connectivity index (χ1v) is 9.99. The van der Waals surface area contributed by atoms with Crippen LogP contribution in [0.1, 0.15) is 42.6 Å². The fourth-order valence-corrected chi connectivity index (χ4v) is 3.82. The van der Waals surface area contributed by atoms with Gasteiger partial charge in [-0.25, -0.2) is 0 Å². The maximum atomic E-state index is 12.8. The molecule has 0 atom stereocenters. The van der Waals surface area contributed by atoms with Crippen molar-refractivity contribution in [1.82, 2.24) is 20.4 Å². The highest BCUT2D eigenvalue weighted by atomic mass is 16.2. The number of hydrogen-bond donors (Lipinski definition) is 2. The first kappa shape index (κ1) is 19.1. The molecular formula is C21H24N6O2. The Kier molecular flexibility index (Phi) is 5.30. The molecule has 2 N–H and O–H groups in total. The Bertz CT molecular complexity index is 974. The highest BCUT2D eigenvalue weighted by Crippen LogP contribution is 2.36. The summed E-state index contributed by atoms with van der Waals surface area (Å²) >= 11 is 0. The Morgan fingerprint density at radius 2 is 2.00 bits per heavy atom. The monoisotopic (exact) mass is 392 g/mol. The number of nitrogens with one attached hydrogen (secondary N) is 2. The highest BCUT2D eigenvalue weighted by molar-refractivity contribution is 6.04. The largest absolute Gasteiger partial charge is 0.356 e. The van der Waals surface area contributed by atoms with E-state index in [1.54, 1.807) is 4.90 Å². The minimum atomic E-state index is -0.373. The van der Waals surface area contributed by atoms with Gasteiger partial charge in [-0.3, -0.25) is 14.7 Å². The van der Waals surface area contributed by atoms with Crippen LogP contribution in [0.15, 0.2) is 34.5 Å². The summed E-state index contributed by atoms with van der Waals surface area (Å²) in [5, 5.41) is 19.1. The number of carbonyl (C=O) groups excluding carboxylic acids is 2. The average molecular weight is 392 g/mol. The number of H-pyrrole nitrogens is 1. The average Bonchev–Trinajstić information content (AvgIpc) is 3.39. The van der Waals surface area contributed by atoms with Gasteiger partial charge in [0.25, 0.3) is 5.91 Å². The van der Waals surface area contributed by atoms with Crippen molar-refractivity contribution in [3.8, 4) is 12.3 Å². The summed E-state index contributed by atoms with van der Waals surface area (Å²) in [6, 6.07) is 7.58. The lowest BCUT2D eigenvalue weighted by atomic mass is 9.95. The third kappa shape index (κ3) is 4.14. The molecule has 0 radical (unpaired) electrons. The Balaban J connectivity index is 1.24. The first-order chi connectivity index (χ1) is 14.1. The van der Waals surface area contributed by atoms with Gasteiger partial charge < -0.3 is 10.2 Å². The molecule has 3 heterocycles. The van der Waals surface area contributed by atoms with Crippen LogP contribution in [0.5, 0.6) is 0 Å². The topological polar surface area (TPSA) is 103 Å². The van der Waals surface area contributed by atoms with E-state index in [1.807, 2.05) is 24.3 Å². The van der Waals surface area contributed by atoms with E-state index in [2.05, 4.69) is 31.7 Å². The molecule has 4 rings (SSSR count). The molecule has 29 heavy (non-hydrogen) atoms. The Morgan fingerprint density at radius 1 is 1.24 bits per heavy atom. The second kappa shape index (κ2) is 8.03. The molecule has 0 spiro atoms. The zero-order valence-electron chi connectivity index (χ0n) is 16.2. The summed E-state index contributed by atoms with van der Waals surface area (Å²) < 4.78 is 0. The van der Waals surface area contributed by atoms with Crippen LogP contribution in [0.2, 0.25) is 0 Å². The molecular weight excluding hydrogens is 368 g/mol. The molecule has 1 fully saturated rings. The number of rotatable bonds is 7. The van der Waals surface area contributed by atoms with E-state index in [-0.39, 0.29) is 23.4 Å². The number of piperidine rings is 1. The molecule has 8 heteroatoms. The van der Waals surface area contributed by atoms with E-state index in [0.717, 1.165) is 17.3 Å². The van der Waals surface area contributed by atoms with Crippen molar-refractivity contribution in [1.29, 1.82) is 0 Å². The van der Waals surface area contributed by atoms with Crippen LogP contribution in [0.3, 0.4) is 0 Å². The molecule has 2 aliphatic rings. The number of aromatic amines is 1. The number of likely N-dealkylation sites (tertiary alicyclic amines) is 1. The SMILES string of the molecule is C#CCCC1(CCNC(=O)C2CCN(C(=O)c3n[nH]c4ccccc34)CC2)N=N1. The van der Waals surface area contributed by atoms with E-state index in [0.29, 0.717) is 51.0 Å². The molecule has 1 saturated heterocycles. The molecule has 0 unspecified atom stereocenters. The van der Waals surface area contributed by atoms with Gasteiger partial charge in [0.15, 0.2) is 11.4 Å². The van der Waals surface area contributed by atoms with Gasteiger partial charge in [-0.1, -0.05) is 18.2 Å². The van der Waals surface area contributed by atoms with Gasteiger partial charge in [0, 0.05) is 50.2 Å². The van der Waals surface area contributed by atoms with Crippen LogP contribution in [0, 0.1) is 18.3 Å². The maximum absolute atomic E-state index is 12.8. The number of terminal acetylenes is 1. The fraction of sp³-hybridized carbons (Fsp3) is 0.476. The van der Waals surface area contributed by atoms with Crippen molar-refractivity contribution in [3.05, 3.63) is 30.0 Å². The van der Waals surface area contributed by atoms with Crippen LogP contribution in [-0.2, 0) is 4.79 Å². The lowest BCUT2D eigenvalue weighted by Crippen LogP contribution is -2.43. The van der Waals surface area contributed by atoms with Gasteiger partial charge in [0.2, 0.25) is 5.91 Å². The molecule has 8 nitrogen and oxygen atoms in total. The summed E-state index contributed by atoms with van der Waals surface area (Å²) in [5.41, 5.74) is 0.916. The third-order valence-corrected chi connectivity index (χ3v) is 5.70. The standard InChI is InChI=1S/C21H24N6O2/c1-2-3-10-21(25-26-21)11-12-22-19(28)15-8-13-27(14-9-15)20(29)18-16-6-4-5-7-17(16)23-24-18/h1,4-7,15H,3,8-14H2,(H,22,28)(H,23,24). The summed E-state index contributed by atoms with van der Waals surface area (Å²) in [5.74, 6) is 2.47. The number of benzene rings is 1. The van der Waals surface area contributed by atoms with Gasteiger partial charge >= 0.3 is 0 Å². The van der Waals surface area contributed by atoms with E-state index >= 15 is 0 Å². The highest BCUT2D eigenvalue weighted by Gasteiger charge is 2.39. The molecule has 0 bridgehead atoms. The molecule has 150 valence electrons. The number of carbonyl (C=O) groups is 2. The van der Waals surface area contributed by atoms with Crippen molar-refractivity contribution >= 4 is 22.7 Å². The Hall–Kier alpha value is -3.21. The number of para-hydroxylation sites is 1. The minimum absolute atomic E-state index is 0.0371. The van der Waals surface area contributed by atoms with Crippen molar-refractivity contribution in [2.24, 2.45) is 16.1 Å². The molecule has 0 saturated carbocycles. The quantitative estimate of drug-likeness (QED) is 0.708. The number of hydrogen-bond acceptors (Lipinski definition) is 5. The predicted molar refractivity (Wildman–Crippen MR) is 108 cm³/mol. The zero-order valence-corrected chi connectivity index (χ0v) is 16.2. The third-order valence-electron chi connectivity index (χ3n) is 5.70. The molecule has 2 amide bonds. The lowest BCUT2D eigenvalue weighted by Gasteiger charge is -2.31. The zero-order chi connectivity index (χ0) is 20.3. The summed E-state index contributed by atoms with van der Waals surface area (Å²) in [6.07, 6.45) is 8.65. The van der Waals surface area contributed by atoms with Gasteiger partial charge in [-0.15, -0.1) is 12.3 Å². The lowest BCUT2D eigenvalue weighted by molar-refractivity contribution is -0.126. The van der Waals surface area contributed by atoms with E-state index < -0.39 is 0 Å². The van der Waals surface area contributed by atoms with Gasteiger partial charge in [-0.2, -0.15) is 15.3 Å². The normalized spacial score (nSPS) is 17.8. The second-order valence-electron chi connectivity index (χ2n) is 7.61. The number of nitrogens with zero attached hydrogens (tertiary/aromatic N) is 4. The van der Waals surface area contributed by atoms with Crippen molar-refractivity contribution in [3.63, 3.8) is 0 Å². The second-order valence-corrected chi connectivity index (χ2v) is 7.61. The van der Waals surface area contributed by atoms with Crippen LogP contribution < -0.4 is 5.32 Å². The van der Waals surface area contributed by atoms with Crippen LogP contribution >= 0.6 is 0 Å². The summed E-state index contributed by atoms with van der Waals surface area (Å²) in [4.78, 5) is 27.1. The number of aromatic nitrogens is 2. The van der Waals surface area contributed by atoms with Crippen molar-refractivity contribution in [2.75, 3.05) is 19.6 Å². The van der Waals surface area contributed by atoms with E-state index in [4.69, 9.17) is 6.42 Å². The van der Waals surface area contributed by atoms with Crippen molar-refractivity contribution in [2.45, 2.75) is 37.8 Å². The minimum Gasteiger partial charge on any atom is -0.356 e. The molecule has 0 aliphatic carbocycles. The smallest absolute Gasteiger partial charge is 0.274 e. The molecule has 2 aliphatic heterocycles. The number of amides is 2. The van der Waals surface area contributed by atoms with Crippen LogP contribution in [0.4, 0.5) is 0 Å². The van der Waals surface area contributed by atoms with E-state index in [9.17, 15) is 9.59 Å². The Labute approximate surface area is 169 Å². The summed E-state index contributed by atoms with van der Waals surface area (Å²) in [7, 11) is 0. The van der Waals surface area contributed by atoms with Crippen LogP contribution in [0.25, 0.3) is 10.9 Å². The predicted octanol–water partition coefficient (Wildman–Crippen LogP) is 2.50. The van der Waals surface area contributed by atoms with Gasteiger partial charge in [0.1, 0.15) is 0 Å². The molecule has 2 aromatic rings. The molecule has 1 aromatic carbocycles. The van der Waals surface area contributed by atoms with Gasteiger partial charge in [0.05, 0.1) is 5.52 Å². The number of fused-ring (bicyclic) bond motifs is 1. The van der Waals surface area contributed by atoms with Gasteiger partial charge in [-0.05, 0) is 18.9 Å². The fourth-order valence-electron chi connectivity index (χ4n) is 3.82. The summed E-state index contributed by atoms with van der Waals surface area (Å²) in [6.45, 7) is 1.64. The Morgan fingerprint density at radius 3 is 2.72 bits per heavy atom. The van der Waals surface area contributed by atoms with Crippen molar-refractivity contribution < 1.29 is 9.59 Å².